The van der Waals surface area contributed by atoms with Gasteiger partial charge >= 0.3 is 0 Å². The van der Waals surface area contributed by atoms with Gasteiger partial charge in [0.15, 0.2) is 11.6 Å². The first-order valence-corrected chi connectivity index (χ1v) is 7.72. The van der Waals surface area contributed by atoms with Crippen LogP contribution in [0.1, 0.15) is 25.5 Å². The molecule has 6 heteroatoms. The van der Waals surface area contributed by atoms with E-state index in [1.54, 1.807) is 0 Å². The molecule has 0 aliphatic carbocycles. The largest absolute Gasteiger partial charge is 0.329 e. The van der Waals surface area contributed by atoms with E-state index in [-0.39, 0.29) is 18.2 Å². The average molecular weight is 304 g/mol. The van der Waals surface area contributed by atoms with Crippen molar-refractivity contribution in [2.75, 3.05) is 18.8 Å². The van der Waals surface area contributed by atoms with Crippen LogP contribution in [0.15, 0.2) is 12.1 Å². The second kappa shape index (κ2) is 6.37. The van der Waals surface area contributed by atoms with E-state index in [1.807, 2.05) is 11.8 Å². The highest BCUT2D eigenvalue weighted by Crippen LogP contribution is 2.33. The summed E-state index contributed by atoms with van der Waals surface area (Å²) in [7, 11) is 0. The molecule has 1 saturated heterocycles. The predicted octanol–water partition coefficient (Wildman–Crippen LogP) is 2.93. The lowest BCUT2D eigenvalue weighted by Crippen LogP contribution is -2.48. The highest BCUT2D eigenvalue weighted by Gasteiger charge is 2.32. The minimum atomic E-state index is -1.17. The third kappa shape index (κ3) is 2.97. The zero-order valence-electron chi connectivity index (χ0n) is 11.6. The number of thioether (sulfide) groups is 1. The van der Waals surface area contributed by atoms with Crippen LogP contribution >= 0.6 is 11.8 Å². The molecule has 112 valence electrons. The smallest absolute Gasteiger partial charge is 0.161 e. The second-order valence-electron chi connectivity index (χ2n) is 5.09. The standard InChI is InChI=1S/C14H19F3N2S/c1-8-9(2)20-4-3-19(8)14(7-18)10-5-12(16)13(17)6-11(10)15/h5-6,8-9,14H,3-4,7,18H2,1-2H3. The van der Waals surface area contributed by atoms with Crippen molar-refractivity contribution < 1.29 is 13.2 Å². The summed E-state index contributed by atoms with van der Waals surface area (Å²) in [6, 6.07) is 1.31. The zero-order valence-corrected chi connectivity index (χ0v) is 12.4. The first-order valence-electron chi connectivity index (χ1n) is 6.67. The minimum absolute atomic E-state index is 0.136. The van der Waals surface area contributed by atoms with Gasteiger partial charge in [-0.25, -0.2) is 13.2 Å². The monoisotopic (exact) mass is 304 g/mol. The summed E-state index contributed by atoms with van der Waals surface area (Å²) in [6.45, 7) is 5.09. The first kappa shape index (κ1) is 15.7. The number of nitrogens with zero attached hydrogens (tertiary/aromatic N) is 1. The molecule has 3 unspecified atom stereocenters. The summed E-state index contributed by atoms with van der Waals surface area (Å²) < 4.78 is 40.4. The van der Waals surface area contributed by atoms with E-state index >= 15 is 0 Å². The number of halogens is 3. The van der Waals surface area contributed by atoms with E-state index in [2.05, 4.69) is 18.7 Å². The highest BCUT2D eigenvalue weighted by molar-refractivity contribution is 8.00. The lowest BCUT2D eigenvalue weighted by atomic mass is 10.0. The summed E-state index contributed by atoms with van der Waals surface area (Å²) in [5.41, 5.74) is 5.91. The van der Waals surface area contributed by atoms with Crippen LogP contribution in [0, 0.1) is 17.5 Å². The van der Waals surface area contributed by atoms with Gasteiger partial charge in [-0.05, 0) is 13.0 Å². The van der Waals surface area contributed by atoms with Gasteiger partial charge in [-0.15, -0.1) is 0 Å². The zero-order chi connectivity index (χ0) is 14.9. The van der Waals surface area contributed by atoms with Gasteiger partial charge in [0.25, 0.3) is 0 Å². The van der Waals surface area contributed by atoms with Crippen molar-refractivity contribution in [1.82, 2.24) is 4.90 Å². The number of rotatable bonds is 3. The summed E-state index contributed by atoms with van der Waals surface area (Å²) in [4.78, 5) is 2.08. The lowest BCUT2D eigenvalue weighted by Gasteiger charge is -2.42. The minimum Gasteiger partial charge on any atom is -0.329 e. The summed E-state index contributed by atoms with van der Waals surface area (Å²) >= 11 is 1.85. The molecule has 0 radical (unpaired) electrons. The maximum absolute atomic E-state index is 14.0. The Labute approximate surface area is 121 Å². The van der Waals surface area contributed by atoms with Crippen LogP contribution < -0.4 is 5.73 Å². The van der Waals surface area contributed by atoms with Gasteiger partial charge in [-0.1, -0.05) is 6.92 Å². The fraction of sp³-hybridized carbons (Fsp3) is 0.571. The summed E-state index contributed by atoms with van der Waals surface area (Å²) in [5.74, 6) is -2.02. The van der Waals surface area contributed by atoms with Crippen molar-refractivity contribution >= 4 is 11.8 Å². The fourth-order valence-corrected chi connectivity index (χ4v) is 3.75. The number of hydrogen-bond donors (Lipinski definition) is 1. The van der Waals surface area contributed by atoms with Gasteiger partial charge in [0.05, 0.1) is 6.04 Å². The van der Waals surface area contributed by atoms with E-state index in [9.17, 15) is 13.2 Å². The van der Waals surface area contributed by atoms with E-state index in [0.29, 0.717) is 11.3 Å². The fourth-order valence-electron chi connectivity index (χ4n) is 2.63. The van der Waals surface area contributed by atoms with Crippen LogP contribution in [0.2, 0.25) is 0 Å². The Balaban J connectivity index is 2.34. The van der Waals surface area contributed by atoms with Crippen molar-refractivity contribution in [3.63, 3.8) is 0 Å². The van der Waals surface area contributed by atoms with Crippen LogP contribution in [0.3, 0.4) is 0 Å². The van der Waals surface area contributed by atoms with E-state index in [0.717, 1.165) is 18.4 Å². The molecule has 1 aliphatic rings. The molecule has 1 aromatic carbocycles. The molecule has 1 heterocycles. The molecular weight excluding hydrogens is 285 g/mol. The predicted molar refractivity (Wildman–Crippen MR) is 76.2 cm³/mol. The SMILES string of the molecule is CC1SCCN(C(CN)c2cc(F)c(F)cc2F)C1C. The molecule has 1 fully saturated rings. The number of hydrogen-bond acceptors (Lipinski definition) is 3. The molecule has 0 bridgehead atoms. The molecule has 0 spiro atoms. The highest BCUT2D eigenvalue weighted by atomic mass is 32.2. The van der Waals surface area contributed by atoms with Crippen molar-refractivity contribution in [2.45, 2.75) is 31.2 Å². The van der Waals surface area contributed by atoms with Crippen LogP contribution in [0.25, 0.3) is 0 Å². The van der Waals surface area contributed by atoms with Crippen LogP contribution in [-0.2, 0) is 0 Å². The molecule has 0 amide bonds. The van der Waals surface area contributed by atoms with Crippen LogP contribution in [0.5, 0.6) is 0 Å². The molecule has 3 atom stereocenters. The topological polar surface area (TPSA) is 29.3 Å². The molecule has 2 N–H and O–H groups in total. The lowest BCUT2D eigenvalue weighted by molar-refractivity contribution is 0.147. The Morgan fingerprint density at radius 3 is 2.55 bits per heavy atom. The molecule has 2 rings (SSSR count). The molecule has 0 aromatic heterocycles. The van der Waals surface area contributed by atoms with Gasteiger partial charge < -0.3 is 5.73 Å². The van der Waals surface area contributed by atoms with Gasteiger partial charge in [0, 0.05) is 41.8 Å². The van der Waals surface area contributed by atoms with E-state index in [1.165, 1.54) is 0 Å². The molecule has 1 aliphatic heterocycles. The van der Waals surface area contributed by atoms with Gasteiger partial charge in [0.2, 0.25) is 0 Å². The summed E-state index contributed by atoms with van der Waals surface area (Å²) in [6.07, 6.45) is 0. The maximum atomic E-state index is 14.0. The Morgan fingerprint density at radius 1 is 1.25 bits per heavy atom. The summed E-state index contributed by atoms with van der Waals surface area (Å²) in [5, 5.41) is 0.395. The molecule has 0 saturated carbocycles. The third-order valence-corrected chi connectivity index (χ3v) is 5.29. The molecular formula is C14H19F3N2S. The Bertz CT molecular complexity index is 484. The quantitative estimate of drug-likeness (QED) is 0.871. The Kier molecular flexibility index (Phi) is 4.99. The van der Waals surface area contributed by atoms with Crippen molar-refractivity contribution in [2.24, 2.45) is 5.73 Å². The van der Waals surface area contributed by atoms with Crippen LogP contribution in [0.4, 0.5) is 13.2 Å². The van der Waals surface area contributed by atoms with E-state index in [4.69, 9.17) is 5.73 Å². The Hall–Kier alpha value is -0.720. The molecule has 1 aromatic rings. The van der Waals surface area contributed by atoms with Gasteiger partial charge in [-0.3, -0.25) is 4.90 Å². The normalized spacial score (nSPS) is 25.7. The first-order chi connectivity index (χ1) is 9.45. The van der Waals surface area contributed by atoms with Crippen LogP contribution in [-0.4, -0.2) is 35.0 Å². The number of nitrogens with two attached hydrogens (primary N) is 1. The van der Waals surface area contributed by atoms with Crippen molar-refractivity contribution in [1.29, 1.82) is 0 Å². The number of benzene rings is 1. The van der Waals surface area contributed by atoms with E-state index < -0.39 is 23.5 Å². The van der Waals surface area contributed by atoms with Gasteiger partial charge in [0.1, 0.15) is 5.82 Å². The molecule has 20 heavy (non-hydrogen) atoms. The molecule has 2 nitrogen and oxygen atoms in total. The van der Waals surface area contributed by atoms with Gasteiger partial charge in [-0.2, -0.15) is 11.8 Å². The average Bonchev–Trinajstić information content (AvgIpc) is 2.41. The Morgan fingerprint density at radius 2 is 1.90 bits per heavy atom. The maximum Gasteiger partial charge on any atom is 0.161 e. The third-order valence-electron chi connectivity index (χ3n) is 3.95. The van der Waals surface area contributed by atoms with Crippen molar-refractivity contribution in [3.05, 3.63) is 35.1 Å². The second-order valence-corrected chi connectivity index (χ2v) is 6.58. The van der Waals surface area contributed by atoms with Crippen molar-refractivity contribution in [3.8, 4) is 0 Å².